The Morgan fingerprint density at radius 2 is 1.50 bits per heavy atom. The van der Waals surface area contributed by atoms with Crippen molar-refractivity contribution in [3.05, 3.63) is 35.4 Å². The van der Waals surface area contributed by atoms with Crippen molar-refractivity contribution in [2.24, 2.45) is 0 Å². The molecule has 138 valence electrons. The molecule has 2 fully saturated rings. The highest BCUT2D eigenvalue weighted by Crippen LogP contribution is 2.28. The number of aryl methyl sites for hydroxylation is 2. The standard InChI is InChI=1S/C21H29N5/c1-16-8-9-17(2)18(14-16)22-19-15-20(25-10-4-3-5-11-25)24-21(23-19)26-12-6-7-13-26/h8-9,14-15H,3-7,10-13H2,1-2H3,(H,22,23,24). The molecule has 0 bridgehead atoms. The van der Waals surface area contributed by atoms with Crippen LogP contribution in [0.3, 0.4) is 0 Å². The van der Waals surface area contributed by atoms with Crippen LogP contribution in [0.1, 0.15) is 43.2 Å². The van der Waals surface area contributed by atoms with Gasteiger partial charge in [-0.25, -0.2) is 0 Å². The Balaban J connectivity index is 1.67. The van der Waals surface area contributed by atoms with Crippen molar-refractivity contribution < 1.29 is 0 Å². The monoisotopic (exact) mass is 351 g/mol. The second-order valence-corrected chi connectivity index (χ2v) is 7.60. The van der Waals surface area contributed by atoms with E-state index in [2.05, 4.69) is 53.2 Å². The van der Waals surface area contributed by atoms with Crippen LogP contribution in [0.5, 0.6) is 0 Å². The molecule has 26 heavy (non-hydrogen) atoms. The van der Waals surface area contributed by atoms with Crippen LogP contribution in [0.25, 0.3) is 0 Å². The summed E-state index contributed by atoms with van der Waals surface area (Å²) in [4.78, 5) is 14.5. The van der Waals surface area contributed by atoms with Crippen LogP contribution in [0.4, 0.5) is 23.3 Å². The third-order valence-electron chi connectivity index (χ3n) is 5.43. The van der Waals surface area contributed by atoms with Gasteiger partial charge in [-0.05, 0) is 63.1 Å². The predicted octanol–water partition coefficient (Wildman–Crippen LogP) is 4.43. The quantitative estimate of drug-likeness (QED) is 0.883. The summed E-state index contributed by atoms with van der Waals surface area (Å²) in [6, 6.07) is 8.61. The Bertz CT molecular complexity index is 761. The number of benzene rings is 1. The van der Waals surface area contributed by atoms with Gasteiger partial charge in [-0.3, -0.25) is 0 Å². The van der Waals surface area contributed by atoms with Crippen molar-refractivity contribution in [3.63, 3.8) is 0 Å². The first-order valence-corrected chi connectivity index (χ1v) is 9.92. The summed E-state index contributed by atoms with van der Waals surface area (Å²) in [7, 11) is 0. The second-order valence-electron chi connectivity index (χ2n) is 7.60. The number of aromatic nitrogens is 2. The van der Waals surface area contributed by atoms with Gasteiger partial charge in [-0.1, -0.05) is 12.1 Å². The van der Waals surface area contributed by atoms with Crippen LogP contribution in [0.2, 0.25) is 0 Å². The summed E-state index contributed by atoms with van der Waals surface area (Å²) in [5.74, 6) is 2.84. The van der Waals surface area contributed by atoms with Gasteiger partial charge in [-0.15, -0.1) is 0 Å². The van der Waals surface area contributed by atoms with Crippen LogP contribution in [-0.4, -0.2) is 36.1 Å². The molecule has 0 amide bonds. The molecule has 0 radical (unpaired) electrons. The lowest BCUT2D eigenvalue weighted by Crippen LogP contribution is -2.31. The van der Waals surface area contributed by atoms with Crippen molar-refractivity contribution >= 4 is 23.3 Å². The zero-order chi connectivity index (χ0) is 17.9. The molecule has 0 saturated carbocycles. The third kappa shape index (κ3) is 3.76. The van der Waals surface area contributed by atoms with Crippen molar-refractivity contribution in [3.8, 4) is 0 Å². The normalized spacial score (nSPS) is 17.6. The van der Waals surface area contributed by atoms with E-state index >= 15 is 0 Å². The minimum Gasteiger partial charge on any atom is -0.356 e. The number of nitrogens with one attached hydrogen (secondary N) is 1. The van der Waals surface area contributed by atoms with Crippen LogP contribution in [0, 0.1) is 13.8 Å². The largest absolute Gasteiger partial charge is 0.356 e. The maximum atomic E-state index is 4.92. The maximum Gasteiger partial charge on any atom is 0.229 e. The van der Waals surface area contributed by atoms with Crippen LogP contribution in [-0.2, 0) is 0 Å². The molecule has 5 nitrogen and oxygen atoms in total. The van der Waals surface area contributed by atoms with E-state index in [1.54, 1.807) is 0 Å². The Morgan fingerprint density at radius 1 is 0.808 bits per heavy atom. The van der Waals surface area contributed by atoms with E-state index in [4.69, 9.17) is 9.97 Å². The predicted molar refractivity (Wildman–Crippen MR) is 109 cm³/mol. The van der Waals surface area contributed by atoms with E-state index in [-0.39, 0.29) is 0 Å². The molecule has 0 spiro atoms. The SMILES string of the molecule is Cc1ccc(C)c(Nc2cc(N3CCCCC3)nc(N3CCCC3)n2)c1. The van der Waals surface area contributed by atoms with Gasteiger partial charge >= 0.3 is 0 Å². The first-order chi connectivity index (χ1) is 12.7. The fourth-order valence-corrected chi connectivity index (χ4v) is 3.84. The molecule has 3 heterocycles. The Labute approximate surface area is 156 Å². The van der Waals surface area contributed by atoms with Gasteiger partial charge in [-0.2, -0.15) is 9.97 Å². The molecule has 0 aliphatic carbocycles. The average Bonchev–Trinajstić information content (AvgIpc) is 3.20. The van der Waals surface area contributed by atoms with Gasteiger partial charge in [0.25, 0.3) is 0 Å². The van der Waals surface area contributed by atoms with E-state index in [1.165, 1.54) is 43.2 Å². The zero-order valence-corrected chi connectivity index (χ0v) is 16.0. The minimum atomic E-state index is 0.873. The Kier molecular flexibility index (Phi) is 4.96. The lowest BCUT2D eigenvalue weighted by atomic mass is 10.1. The number of anilines is 4. The van der Waals surface area contributed by atoms with E-state index in [0.717, 1.165) is 49.5 Å². The summed E-state index contributed by atoms with van der Waals surface area (Å²) in [5.41, 5.74) is 3.61. The number of nitrogens with zero attached hydrogens (tertiary/aromatic N) is 4. The molecule has 1 aromatic heterocycles. The number of hydrogen-bond acceptors (Lipinski definition) is 5. The molecule has 5 heteroatoms. The number of hydrogen-bond donors (Lipinski definition) is 1. The van der Waals surface area contributed by atoms with Crippen molar-refractivity contribution in [1.29, 1.82) is 0 Å². The highest BCUT2D eigenvalue weighted by molar-refractivity contribution is 5.65. The number of piperidine rings is 1. The van der Waals surface area contributed by atoms with Crippen molar-refractivity contribution in [2.75, 3.05) is 41.3 Å². The lowest BCUT2D eigenvalue weighted by Gasteiger charge is -2.29. The van der Waals surface area contributed by atoms with E-state index in [0.29, 0.717) is 0 Å². The maximum absolute atomic E-state index is 4.92. The summed E-state index contributed by atoms with van der Waals surface area (Å²) in [5, 5.41) is 3.55. The molecule has 4 rings (SSSR count). The van der Waals surface area contributed by atoms with E-state index in [1.807, 2.05) is 0 Å². The van der Waals surface area contributed by atoms with Gasteiger partial charge < -0.3 is 15.1 Å². The molecular weight excluding hydrogens is 322 g/mol. The molecule has 2 saturated heterocycles. The molecule has 1 aromatic carbocycles. The Hall–Kier alpha value is -2.30. The first-order valence-electron chi connectivity index (χ1n) is 9.92. The first kappa shape index (κ1) is 17.1. The molecule has 1 N–H and O–H groups in total. The molecule has 0 unspecified atom stereocenters. The van der Waals surface area contributed by atoms with Gasteiger partial charge in [0.05, 0.1) is 0 Å². The fraction of sp³-hybridized carbons (Fsp3) is 0.524. The van der Waals surface area contributed by atoms with Gasteiger partial charge in [0.1, 0.15) is 11.6 Å². The van der Waals surface area contributed by atoms with Crippen LogP contribution < -0.4 is 15.1 Å². The lowest BCUT2D eigenvalue weighted by molar-refractivity contribution is 0.573. The smallest absolute Gasteiger partial charge is 0.229 e. The average molecular weight is 351 g/mol. The van der Waals surface area contributed by atoms with Gasteiger partial charge in [0.2, 0.25) is 5.95 Å². The van der Waals surface area contributed by atoms with E-state index < -0.39 is 0 Å². The minimum absolute atomic E-state index is 0.873. The fourth-order valence-electron chi connectivity index (χ4n) is 3.84. The van der Waals surface area contributed by atoms with Crippen LogP contribution >= 0.6 is 0 Å². The molecule has 0 atom stereocenters. The summed E-state index contributed by atoms with van der Waals surface area (Å²) in [6.07, 6.45) is 6.30. The summed E-state index contributed by atoms with van der Waals surface area (Å²) >= 11 is 0. The highest BCUT2D eigenvalue weighted by Gasteiger charge is 2.20. The van der Waals surface area contributed by atoms with E-state index in [9.17, 15) is 0 Å². The summed E-state index contributed by atoms with van der Waals surface area (Å²) < 4.78 is 0. The zero-order valence-electron chi connectivity index (χ0n) is 16.0. The second kappa shape index (κ2) is 7.52. The third-order valence-corrected chi connectivity index (χ3v) is 5.43. The molecule has 2 aromatic rings. The van der Waals surface area contributed by atoms with Gasteiger partial charge in [0.15, 0.2) is 0 Å². The van der Waals surface area contributed by atoms with Crippen LogP contribution in [0.15, 0.2) is 24.3 Å². The summed E-state index contributed by atoms with van der Waals surface area (Å²) in [6.45, 7) is 8.58. The Morgan fingerprint density at radius 3 is 2.27 bits per heavy atom. The topological polar surface area (TPSA) is 44.3 Å². The highest BCUT2D eigenvalue weighted by atomic mass is 15.3. The van der Waals surface area contributed by atoms with Crippen molar-refractivity contribution in [1.82, 2.24) is 9.97 Å². The van der Waals surface area contributed by atoms with Crippen molar-refractivity contribution in [2.45, 2.75) is 46.0 Å². The number of rotatable bonds is 4. The molecular formula is C21H29N5. The molecule has 2 aliphatic heterocycles. The van der Waals surface area contributed by atoms with Gasteiger partial charge in [0, 0.05) is 37.9 Å². The molecule has 2 aliphatic rings.